The highest BCUT2D eigenvalue weighted by Gasteiger charge is 2.25. The van der Waals surface area contributed by atoms with Gasteiger partial charge in [0.2, 0.25) is 5.91 Å². The van der Waals surface area contributed by atoms with E-state index in [9.17, 15) is 4.79 Å². The Morgan fingerprint density at radius 2 is 2.28 bits per heavy atom. The van der Waals surface area contributed by atoms with Crippen LogP contribution in [0.1, 0.15) is 37.0 Å². The fraction of sp³-hybridized carbons (Fsp3) is 0.400. The first-order valence-electron chi connectivity index (χ1n) is 6.55. The standard InChI is InChI=1S/C15H17NO2/c1-2-3-10-4-5-13-11(6-10)7-14(18-13)12-8-15(17)16-9-12/h4-7,12H,2-3,8-9H2,1H3,(H,16,17). The van der Waals surface area contributed by atoms with Crippen molar-refractivity contribution in [3.8, 4) is 0 Å². The molecule has 3 nitrogen and oxygen atoms in total. The monoisotopic (exact) mass is 243 g/mol. The first kappa shape index (κ1) is 11.3. The second kappa shape index (κ2) is 4.48. The lowest BCUT2D eigenvalue weighted by molar-refractivity contribution is -0.119. The van der Waals surface area contributed by atoms with Crippen LogP contribution in [0.5, 0.6) is 0 Å². The number of carbonyl (C=O) groups excluding carboxylic acids is 1. The Balaban J connectivity index is 1.93. The topological polar surface area (TPSA) is 42.2 Å². The van der Waals surface area contributed by atoms with Crippen LogP contribution in [0, 0.1) is 0 Å². The van der Waals surface area contributed by atoms with Gasteiger partial charge in [-0.2, -0.15) is 0 Å². The zero-order valence-electron chi connectivity index (χ0n) is 10.5. The van der Waals surface area contributed by atoms with Gasteiger partial charge in [-0.15, -0.1) is 0 Å². The van der Waals surface area contributed by atoms with Gasteiger partial charge in [0, 0.05) is 24.3 Å². The van der Waals surface area contributed by atoms with Gasteiger partial charge in [0.05, 0.1) is 0 Å². The summed E-state index contributed by atoms with van der Waals surface area (Å²) in [5, 5.41) is 3.99. The van der Waals surface area contributed by atoms with Crippen LogP contribution in [0.25, 0.3) is 11.0 Å². The fourth-order valence-electron chi connectivity index (χ4n) is 2.57. The van der Waals surface area contributed by atoms with E-state index in [-0.39, 0.29) is 11.8 Å². The quantitative estimate of drug-likeness (QED) is 0.900. The van der Waals surface area contributed by atoms with Crippen molar-refractivity contribution in [3.05, 3.63) is 35.6 Å². The molecule has 1 aliphatic rings. The number of benzene rings is 1. The molecule has 3 heteroatoms. The average Bonchev–Trinajstić information content (AvgIpc) is 2.94. The number of fused-ring (bicyclic) bond motifs is 1. The van der Waals surface area contributed by atoms with Crippen LogP contribution in [0.4, 0.5) is 0 Å². The second-order valence-electron chi connectivity index (χ2n) is 4.98. The molecule has 94 valence electrons. The number of carbonyl (C=O) groups is 1. The third-order valence-electron chi connectivity index (χ3n) is 3.52. The molecule has 1 N–H and O–H groups in total. The Bertz CT molecular complexity index is 585. The summed E-state index contributed by atoms with van der Waals surface area (Å²) in [5.41, 5.74) is 2.27. The summed E-state index contributed by atoms with van der Waals surface area (Å²) in [7, 11) is 0. The molecule has 1 amide bonds. The molecule has 0 aliphatic carbocycles. The summed E-state index contributed by atoms with van der Waals surface area (Å²) in [4.78, 5) is 11.2. The predicted molar refractivity (Wildman–Crippen MR) is 70.6 cm³/mol. The number of hydrogen-bond donors (Lipinski definition) is 1. The fourth-order valence-corrected chi connectivity index (χ4v) is 2.57. The van der Waals surface area contributed by atoms with Gasteiger partial charge >= 0.3 is 0 Å². The van der Waals surface area contributed by atoms with E-state index in [1.165, 1.54) is 5.56 Å². The number of rotatable bonds is 3. The van der Waals surface area contributed by atoms with Crippen molar-refractivity contribution in [1.82, 2.24) is 5.32 Å². The molecular weight excluding hydrogens is 226 g/mol. The smallest absolute Gasteiger partial charge is 0.220 e. The van der Waals surface area contributed by atoms with E-state index >= 15 is 0 Å². The van der Waals surface area contributed by atoms with Gasteiger partial charge in [-0.3, -0.25) is 4.79 Å². The minimum Gasteiger partial charge on any atom is -0.461 e. The molecule has 0 spiro atoms. The average molecular weight is 243 g/mol. The van der Waals surface area contributed by atoms with Crippen molar-refractivity contribution in [2.75, 3.05) is 6.54 Å². The van der Waals surface area contributed by atoms with Gasteiger partial charge in [-0.25, -0.2) is 0 Å². The maximum absolute atomic E-state index is 11.2. The molecule has 2 heterocycles. The highest BCUT2D eigenvalue weighted by molar-refractivity contribution is 5.81. The molecule has 1 fully saturated rings. The second-order valence-corrected chi connectivity index (χ2v) is 4.98. The molecule has 18 heavy (non-hydrogen) atoms. The lowest BCUT2D eigenvalue weighted by Crippen LogP contribution is -2.13. The zero-order valence-corrected chi connectivity index (χ0v) is 10.5. The molecule has 3 rings (SSSR count). The molecule has 0 bridgehead atoms. The molecule has 1 atom stereocenters. The summed E-state index contributed by atoms with van der Waals surface area (Å²) in [5.74, 6) is 1.24. The Hall–Kier alpha value is -1.77. The molecule has 0 saturated carbocycles. The molecular formula is C15H17NO2. The molecule has 1 aromatic carbocycles. The largest absolute Gasteiger partial charge is 0.461 e. The molecule has 1 aliphatic heterocycles. The van der Waals surface area contributed by atoms with E-state index in [1.54, 1.807) is 0 Å². The molecule has 1 saturated heterocycles. The van der Waals surface area contributed by atoms with Crippen LogP contribution in [0.2, 0.25) is 0 Å². The highest BCUT2D eigenvalue weighted by atomic mass is 16.3. The van der Waals surface area contributed by atoms with Gasteiger partial charge in [0.15, 0.2) is 0 Å². The van der Waals surface area contributed by atoms with Crippen LogP contribution in [0.3, 0.4) is 0 Å². The van der Waals surface area contributed by atoms with E-state index in [2.05, 4.69) is 30.4 Å². The van der Waals surface area contributed by atoms with Crippen molar-refractivity contribution >= 4 is 16.9 Å². The SMILES string of the molecule is CCCc1ccc2oc(C3CNC(=O)C3)cc2c1. The minimum atomic E-state index is 0.118. The minimum absolute atomic E-state index is 0.118. The third-order valence-corrected chi connectivity index (χ3v) is 3.52. The molecule has 2 aromatic rings. The zero-order chi connectivity index (χ0) is 12.5. The lowest BCUT2D eigenvalue weighted by atomic mass is 10.0. The van der Waals surface area contributed by atoms with Crippen molar-refractivity contribution < 1.29 is 9.21 Å². The van der Waals surface area contributed by atoms with Gasteiger partial charge in [-0.1, -0.05) is 19.4 Å². The first-order valence-corrected chi connectivity index (χ1v) is 6.55. The maximum Gasteiger partial charge on any atom is 0.220 e. The molecule has 1 aromatic heterocycles. The summed E-state index contributed by atoms with van der Waals surface area (Å²) < 4.78 is 5.84. The first-order chi connectivity index (χ1) is 8.76. The third kappa shape index (κ3) is 2.01. The Kier molecular flexibility index (Phi) is 2.82. The Morgan fingerprint density at radius 3 is 3.00 bits per heavy atom. The van der Waals surface area contributed by atoms with Gasteiger partial charge < -0.3 is 9.73 Å². The van der Waals surface area contributed by atoms with Crippen molar-refractivity contribution in [2.45, 2.75) is 32.1 Å². The van der Waals surface area contributed by atoms with E-state index < -0.39 is 0 Å². The summed E-state index contributed by atoms with van der Waals surface area (Å²) in [6.07, 6.45) is 2.79. The summed E-state index contributed by atoms with van der Waals surface area (Å²) in [6.45, 7) is 2.88. The van der Waals surface area contributed by atoms with Crippen LogP contribution < -0.4 is 5.32 Å². The van der Waals surface area contributed by atoms with E-state index in [0.717, 1.165) is 29.6 Å². The predicted octanol–water partition coefficient (Wildman–Crippen LogP) is 2.99. The van der Waals surface area contributed by atoms with Crippen molar-refractivity contribution in [2.24, 2.45) is 0 Å². The van der Waals surface area contributed by atoms with Crippen molar-refractivity contribution in [3.63, 3.8) is 0 Å². The van der Waals surface area contributed by atoms with Gasteiger partial charge in [0.1, 0.15) is 11.3 Å². The normalized spacial score (nSPS) is 19.4. The summed E-state index contributed by atoms with van der Waals surface area (Å²) >= 11 is 0. The van der Waals surface area contributed by atoms with E-state index in [1.807, 2.05) is 6.07 Å². The van der Waals surface area contributed by atoms with Gasteiger partial charge in [-0.05, 0) is 30.2 Å². The highest BCUT2D eigenvalue weighted by Crippen LogP contribution is 2.29. The van der Waals surface area contributed by atoms with Crippen LogP contribution in [-0.2, 0) is 11.2 Å². The van der Waals surface area contributed by atoms with E-state index in [0.29, 0.717) is 13.0 Å². The van der Waals surface area contributed by atoms with E-state index in [4.69, 9.17) is 4.42 Å². The number of furan rings is 1. The lowest BCUT2D eigenvalue weighted by Gasteiger charge is -2.00. The Morgan fingerprint density at radius 1 is 1.39 bits per heavy atom. The molecule has 1 unspecified atom stereocenters. The van der Waals surface area contributed by atoms with Crippen molar-refractivity contribution in [1.29, 1.82) is 0 Å². The maximum atomic E-state index is 11.2. The van der Waals surface area contributed by atoms with Crippen LogP contribution >= 0.6 is 0 Å². The number of hydrogen-bond acceptors (Lipinski definition) is 2. The summed E-state index contributed by atoms with van der Waals surface area (Å²) in [6, 6.07) is 8.43. The van der Waals surface area contributed by atoms with Crippen LogP contribution in [-0.4, -0.2) is 12.5 Å². The van der Waals surface area contributed by atoms with Gasteiger partial charge in [0.25, 0.3) is 0 Å². The molecule has 0 radical (unpaired) electrons. The Labute approximate surface area is 106 Å². The number of aryl methyl sites for hydroxylation is 1. The number of amides is 1. The van der Waals surface area contributed by atoms with Crippen LogP contribution in [0.15, 0.2) is 28.7 Å². The number of nitrogens with one attached hydrogen (secondary N) is 1.